The Kier molecular flexibility index (Phi) is 2.13. The van der Waals surface area contributed by atoms with Gasteiger partial charge in [0.15, 0.2) is 0 Å². The molecule has 82 valence electrons. The molecular weight excluding hydrogens is 202 g/mol. The molecule has 1 aliphatic heterocycles. The number of hydrogen-bond donors (Lipinski definition) is 1. The van der Waals surface area contributed by atoms with Crippen molar-refractivity contribution in [3.05, 3.63) is 24.3 Å². The molecule has 1 saturated heterocycles. The van der Waals surface area contributed by atoms with E-state index in [1.165, 1.54) is 0 Å². The lowest BCUT2D eigenvalue weighted by Gasteiger charge is -2.25. The summed E-state index contributed by atoms with van der Waals surface area (Å²) in [5, 5.41) is 0. The Bertz CT molecular complexity index is 489. The van der Waals surface area contributed by atoms with Gasteiger partial charge < -0.3 is 9.88 Å². The second kappa shape index (κ2) is 3.63. The van der Waals surface area contributed by atoms with Gasteiger partial charge in [0.05, 0.1) is 11.0 Å². The molecule has 0 spiro atoms. The summed E-state index contributed by atoms with van der Waals surface area (Å²) in [4.78, 5) is 21.1. The van der Waals surface area contributed by atoms with Gasteiger partial charge in [0.1, 0.15) is 5.78 Å². The minimum absolute atomic E-state index is 0.354. The van der Waals surface area contributed by atoms with Crippen LogP contribution in [0.5, 0.6) is 0 Å². The van der Waals surface area contributed by atoms with Crippen LogP contribution >= 0.6 is 0 Å². The molecule has 0 saturated carbocycles. The van der Waals surface area contributed by atoms with Crippen LogP contribution < -0.4 is 4.90 Å². The van der Waals surface area contributed by atoms with Crippen LogP contribution in [-0.2, 0) is 4.79 Å². The Balaban J connectivity index is 1.91. The molecular formula is C12H13N3O. The monoisotopic (exact) mass is 215 g/mol. The van der Waals surface area contributed by atoms with E-state index in [1.807, 2.05) is 24.3 Å². The lowest BCUT2D eigenvalue weighted by molar-refractivity contribution is -0.119. The lowest BCUT2D eigenvalue weighted by atomic mass is 10.1. The van der Waals surface area contributed by atoms with E-state index in [4.69, 9.17) is 0 Å². The first-order valence-corrected chi connectivity index (χ1v) is 5.54. The van der Waals surface area contributed by atoms with Crippen molar-refractivity contribution >= 4 is 22.8 Å². The molecule has 2 heterocycles. The smallest absolute Gasteiger partial charge is 0.203 e. The fourth-order valence-corrected chi connectivity index (χ4v) is 2.06. The molecule has 1 aliphatic rings. The molecule has 1 N–H and O–H groups in total. The first-order chi connectivity index (χ1) is 7.83. The van der Waals surface area contributed by atoms with Gasteiger partial charge in [0.2, 0.25) is 5.95 Å². The number of para-hydroxylation sites is 2. The predicted octanol–water partition coefficient (Wildman–Crippen LogP) is 1.73. The van der Waals surface area contributed by atoms with E-state index >= 15 is 0 Å². The Labute approximate surface area is 93.3 Å². The zero-order valence-corrected chi connectivity index (χ0v) is 8.94. The van der Waals surface area contributed by atoms with E-state index in [0.29, 0.717) is 18.6 Å². The summed E-state index contributed by atoms with van der Waals surface area (Å²) in [5.41, 5.74) is 2.03. The lowest BCUT2D eigenvalue weighted by Crippen LogP contribution is -2.34. The van der Waals surface area contributed by atoms with Gasteiger partial charge in [-0.05, 0) is 12.1 Å². The molecule has 0 amide bonds. The van der Waals surface area contributed by atoms with E-state index in [-0.39, 0.29) is 0 Å². The summed E-state index contributed by atoms with van der Waals surface area (Å²) in [6.45, 7) is 1.55. The predicted molar refractivity (Wildman–Crippen MR) is 62.5 cm³/mol. The van der Waals surface area contributed by atoms with Crippen LogP contribution in [0.4, 0.5) is 5.95 Å². The number of Topliss-reactive ketones (excluding diaryl/α,β-unsaturated/α-hetero) is 1. The van der Waals surface area contributed by atoms with E-state index < -0.39 is 0 Å². The number of fused-ring (bicyclic) bond motifs is 1. The van der Waals surface area contributed by atoms with Gasteiger partial charge in [-0.25, -0.2) is 4.98 Å². The molecule has 4 heteroatoms. The number of piperidine rings is 1. The maximum Gasteiger partial charge on any atom is 0.203 e. The molecule has 1 fully saturated rings. The number of H-pyrrole nitrogens is 1. The number of ketones is 1. The first-order valence-electron chi connectivity index (χ1n) is 5.54. The van der Waals surface area contributed by atoms with Crippen molar-refractivity contribution in [3.8, 4) is 0 Å². The number of carbonyl (C=O) groups is 1. The number of nitrogens with one attached hydrogen (secondary N) is 1. The summed E-state index contributed by atoms with van der Waals surface area (Å²) >= 11 is 0. The van der Waals surface area contributed by atoms with Crippen molar-refractivity contribution in [1.29, 1.82) is 0 Å². The summed E-state index contributed by atoms with van der Waals surface area (Å²) in [6, 6.07) is 7.97. The minimum Gasteiger partial charge on any atom is -0.342 e. The summed E-state index contributed by atoms with van der Waals surface area (Å²) in [7, 11) is 0. The van der Waals surface area contributed by atoms with Crippen molar-refractivity contribution in [2.24, 2.45) is 0 Å². The number of hydrogen-bond acceptors (Lipinski definition) is 3. The molecule has 1 aromatic carbocycles. The van der Waals surface area contributed by atoms with Crippen LogP contribution in [-0.4, -0.2) is 28.8 Å². The Hall–Kier alpha value is -1.84. The molecule has 0 atom stereocenters. The molecule has 0 bridgehead atoms. The zero-order valence-electron chi connectivity index (χ0n) is 8.94. The third-order valence-corrected chi connectivity index (χ3v) is 3.00. The quantitative estimate of drug-likeness (QED) is 0.788. The SMILES string of the molecule is O=C1CCN(c2nc3ccccc3[nH]2)CC1. The molecule has 0 unspecified atom stereocenters. The number of anilines is 1. The summed E-state index contributed by atoms with van der Waals surface area (Å²) in [5.74, 6) is 1.24. The molecule has 4 nitrogen and oxygen atoms in total. The maximum atomic E-state index is 11.2. The third-order valence-electron chi connectivity index (χ3n) is 3.00. The number of carbonyl (C=O) groups excluding carboxylic acids is 1. The first kappa shape index (κ1) is 9.39. The maximum absolute atomic E-state index is 11.2. The van der Waals surface area contributed by atoms with Crippen molar-refractivity contribution in [1.82, 2.24) is 9.97 Å². The number of benzene rings is 1. The molecule has 0 aliphatic carbocycles. The second-order valence-electron chi connectivity index (χ2n) is 4.10. The van der Waals surface area contributed by atoms with Gasteiger partial charge in [-0.1, -0.05) is 12.1 Å². The molecule has 2 aromatic rings. The summed E-state index contributed by atoms with van der Waals surface area (Å²) in [6.07, 6.45) is 1.27. The summed E-state index contributed by atoms with van der Waals surface area (Å²) < 4.78 is 0. The highest BCUT2D eigenvalue weighted by Gasteiger charge is 2.18. The van der Waals surface area contributed by atoms with Crippen LogP contribution in [0.3, 0.4) is 0 Å². The number of nitrogens with zero attached hydrogens (tertiary/aromatic N) is 2. The standard InChI is InChI=1S/C12H13N3O/c16-9-5-7-15(8-6-9)12-13-10-3-1-2-4-11(10)14-12/h1-4H,5-8H2,(H,13,14). The van der Waals surface area contributed by atoms with Gasteiger partial charge in [0, 0.05) is 25.9 Å². The van der Waals surface area contributed by atoms with Crippen LogP contribution in [0, 0.1) is 0 Å². The largest absolute Gasteiger partial charge is 0.342 e. The third kappa shape index (κ3) is 1.56. The van der Waals surface area contributed by atoms with E-state index in [0.717, 1.165) is 30.1 Å². The normalized spacial score (nSPS) is 17.0. The van der Waals surface area contributed by atoms with E-state index in [2.05, 4.69) is 14.9 Å². The highest BCUT2D eigenvalue weighted by Crippen LogP contribution is 2.19. The number of imidazole rings is 1. The fraction of sp³-hybridized carbons (Fsp3) is 0.333. The van der Waals surface area contributed by atoms with Crippen molar-refractivity contribution < 1.29 is 4.79 Å². The minimum atomic E-state index is 0.354. The average molecular weight is 215 g/mol. The molecule has 3 rings (SSSR count). The van der Waals surface area contributed by atoms with Crippen LogP contribution in [0.1, 0.15) is 12.8 Å². The zero-order chi connectivity index (χ0) is 11.0. The second-order valence-corrected chi connectivity index (χ2v) is 4.10. The van der Waals surface area contributed by atoms with Crippen LogP contribution in [0.25, 0.3) is 11.0 Å². The topological polar surface area (TPSA) is 49.0 Å². The van der Waals surface area contributed by atoms with Crippen molar-refractivity contribution in [3.63, 3.8) is 0 Å². The molecule has 16 heavy (non-hydrogen) atoms. The average Bonchev–Trinajstić information content (AvgIpc) is 2.73. The van der Waals surface area contributed by atoms with Gasteiger partial charge in [-0.15, -0.1) is 0 Å². The van der Waals surface area contributed by atoms with Gasteiger partial charge >= 0.3 is 0 Å². The molecule has 1 aromatic heterocycles. The Morgan fingerprint density at radius 3 is 2.69 bits per heavy atom. The van der Waals surface area contributed by atoms with Gasteiger partial charge in [-0.2, -0.15) is 0 Å². The van der Waals surface area contributed by atoms with Gasteiger partial charge in [-0.3, -0.25) is 4.79 Å². The van der Waals surface area contributed by atoms with Crippen molar-refractivity contribution in [2.45, 2.75) is 12.8 Å². The number of aromatic amines is 1. The highest BCUT2D eigenvalue weighted by atomic mass is 16.1. The highest BCUT2D eigenvalue weighted by molar-refractivity contribution is 5.81. The van der Waals surface area contributed by atoms with E-state index in [1.54, 1.807) is 0 Å². The van der Waals surface area contributed by atoms with Crippen LogP contribution in [0.2, 0.25) is 0 Å². The number of rotatable bonds is 1. The number of aromatic nitrogens is 2. The molecule has 0 radical (unpaired) electrons. The van der Waals surface area contributed by atoms with Crippen molar-refractivity contribution in [2.75, 3.05) is 18.0 Å². The van der Waals surface area contributed by atoms with Crippen LogP contribution in [0.15, 0.2) is 24.3 Å². The van der Waals surface area contributed by atoms with Gasteiger partial charge in [0.25, 0.3) is 0 Å². The fourth-order valence-electron chi connectivity index (χ4n) is 2.06. The van der Waals surface area contributed by atoms with E-state index in [9.17, 15) is 4.79 Å². The Morgan fingerprint density at radius 1 is 1.19 bits per heavy atom. The Morgan fingerprint density at radius 2 is 1.94 bits per heavy atom.